The second-order valence-corrected chi connectivity index (χ2v) is 6.76. The SMILES string of the molecule is CCOC(=O)C1=C(C)N=C2SC(C#N)=C(N)N2[C@@H]1c1ccccc1OCC. The minimum atomic E-state index is -0.586. The molecule has 140 valence electrons. The number of hydrogen-bond acceptors (Lipinski definition) is 8. The third kappa shape index (κ3) is 3.26. The summed E-state index contributed by atoms with van der Waals surface area (Å²) in [5.41, 5.74) is 7.93. The lowest BCUT2D eigenvalue weighted by Gasteiger charge is -2.35. The van der Waals surface area contributed by atoms with Gasteiger partial charge < -0.3 is 15.2 Å². The second-order valence-electron chi connectivity index (χ2n) is 5.79. The molecule has 27 heavy (non-hydrogen) atoms. The Hall–Kier alpha value is -2.92. The number of allylic oxidation sites excluding steroid dienone is 2. The molecule has 0 aliphatic carbocycles. The van der Waals surface area contributed by atoms with Gasteiger partial charge >= 0.3 is 5.97 Å². The van der Waals surface area contributed by atoms with E-state index in [1.54, 1.807) is 18.7 Å². The van der Waals surface area contributed by atoms with Crippen molar-refractivity contribution in [3.8, 4) is 11.8 Å². The first kappa shape index (κ1) is 18.9. The van der Waals surface area contributed by atoms with Gasteiger partial charge in [-0.2, -0.15) is 5.26 Å². The predicted molar refractivity (Wildman–Crippen MR) is 103 cm³/mol. The smallest absolute Gasteiger partial charge is 0.338 e. The fraction of sp³-hybridized carbons (Fsp3) is 0.316. The van der Waals surface area contributed by atoms with Crippen molar-refractivity contribution in [3.63, 3.8) is 0 Å². The quantitative estimate of drug-likeness (QED) is 0.779. The van der Waals surface area contributed by atoms with Gasteiger partial charge in [0.1, 0.15) is 28.6 Å². The molecule has 3 rings (SSSR count). The van der Waals surface area contributed by atoms with Gasteiger partial charge in [-0.05, 0) is 38.6 Å². The van der Waals surface area contributed by atoms with Crippen molar-refractivity contribution in [2.75, 3.05) is 13.2 Å². The summed E-state index contributed by atoms with van der Waals surface area (Å²) in [5, 5.41) is 9.95. The number of nitriles is 1. The Morgan fingerprint density at radius 3 is 2.78 bits per heavy atom. The van der Waals surface area contributed by atoms with Crippen molar-refractivity contribution in [2.24, 2.45) is 10.7 Å². The minimum absolute atomic E-state index is 0.246. The number of esters is 1. The molecule has 0 aromatic heterocycles. The monoisotopic (exact) mass is 384 g/mol. The highest BCUT2D eigenvalue weighted by Crippen LogP contribution is 2.47. The first-order valence-electron chi connectivity index (χ1n) is 8.58. The summed E-state index contributed by atoms with van der Waals surface area (Å²) in [7, 11) is 0. The molecule has 7 nitrogen and oxygen atoms in total. The number of carbonyl (C=O) groups is 1. The van der Waals surface area contributed by atoms with E-state index < -0.39 is 12.0 Å². The first-order valence-corrected chi connectivity index (χ1v) is 9.40. The number of hydrogen-bond donors (Lipinski definition) is 1. The molecule has 0 radical (unpaired) electrons. The summed E-state index contributed by atoms with van der Waals surface area (Å²) in [6.45, 7) is 6.13. The number of nitrogens with zero attached hydrogens (tertiary/aromatic N) is 3. The molecule has 1 aromatic carbocycles. The fourth-order valence-electron chi connectivity index (χ4n) is 3.10. The van der Waals surface area contributed by atoms with Crippen molar-refractivity contribution in [1.29, 1.82) is 5.26 Å². The number of para-hydroxylation sites is 1. The average Bonchev–Trinajstić information content (AvgIpc) is 2.97. The third-order valence-electron chi connectivity index (χ3n) is 4.19. The molecule has 2 N–H and O–H groups in total. The lowest BCUT2D eigenvalue weighted by atomic mass is 9.93. The van der Waals surface area contributed by atoms with Crippen LogP contribution < -0.4 is 10.5 Å². The standard InChI is InChI=1S/C19H20N4O3S/c1-4-25-13-9-7-6-8-12(13)16-15(18(24)26-5-2)11(3)22-19-23(16)17(21)14(10-20)27-19/h6-9,16H,4-5,21H2,1-3H3/t16-/m1/s1. The van der Waals surface area contributed by atoms with E-state index in [2.05, 4.69) is 11.1 Å². The maximum atomic E-state index is 12.8. The van der Waals surface area contributed by atoms with Gasteiger partial charge in [-0.15, -0.1) is 0 Å². The van der Waals surface area contributed by atoms with Crippen LogP contribution in [0, 0.1) is 11.3 Å². The normalized spacial score (nSPS) is 18.8. The Morgan fingerprint density at radius 1 is 1.37 bits per heavy atom. The molecule has 2 heterocycles. The molecule has 0 spiro atoms. The Labute approximate surface area is 162 Å². The highest BCUT2D eigenvalue weighted by Gasteiger charge is 2.43. The predicted octanol–water partition coefficient (Wildman–Crippen LogP) is 3.03. The number of ether oxygens (including phenoxy) is 2. The molecular formula is C19H20N4O3S. The fourth-order valence-corrected chi connectivity index (χ4v) is 4.01. The summed E-state index contributed by atoms with van der Waals surface area (Å²) in [6.07, 6.45) is 0. The van der Waals surface area contributed by atoms with E-state index >= 15 is 0 Å². The topological polar surface area (TPSA) is 101 Å². The van der Waals surface area contributed by atoms with Crippen molar-refractivity contribution in [1.82, 2.24) is 4.90 Å². The number of benzene rings is 1. The zero-order valence-electron chi connectivity index (χ0n) is 15.4. The lowest BCUT2D eigenvalue weighted by molar-refractivity contribution is -0.139. The van der Waals surface area contributed by atoms with Crippen LogP contribution in [-0.4, -0.2) is 29.3 Å². The number of rotatable bonds is 5. The molecule has 0 saturated heterocycles. The summed E-state index contributed by atoms with van der Waals surface area (Å²) >= 11 is 1.19. The Morgan fingerprint density at radius 2 is 2.11 bits per heavy atom. The lowest BCUT2D eigenvalue weighted by Crippen LogP contribution is -2.39. The van der Waals surface area contributed by atoms with Crippen LogP contribution in [0.1, 0.15) is 32.4 Å². The number of amidine groups is 1. The molecule has 0 amide bonds. The molecular weight excluding hydrogens is 364 g/mol. The van der Waals surface area contributed by atoms with Crippen LogP contribution in [-0.2, 0) is 9.53 Å². The molecule has 2 aliphatic rings. The van der Waals surface area contributed by atoms with Crippen LogP contribution >= 0.6 is 11.8 Å². The number of carbonyl (C=O) groups excluding carboxylic acids is 1. The van der Waals surface area contributed by atoms with Gasteiger partial charge in [0.05, 0.1) is 24.5 Å². The van der Waals surface area contributed by atoms with E-state index in [-0.39, 0.29) is 12.4 Å². The van der Waals surface area contributed by atoms with Crippen LogP contribution in [0.15, 0.2) is 51.3 Å². The number of fused-ring (bicyclic) bond motifs is 1. The number of aliphatic imine (C=N–C) groups is 1. The van der Waals surface area contributed by atoms with Crippen LogP contribution in [0.4, 0.5) is 0 Å². The van der Waals surface area contributed by atoms with Gasteiger partial charge in [-0.1, -0.05) is 18.2 Å². The maximum absolute atomic E-state index is 12.8. The minimum Gasteiger partial charge on any atom is -0.494 e. The average molecular weight is 384 g/mol. The van der Waals surface area contributed by atoms with Crippen LogP contribution in [0.3, 0.4) is 0 Å². The van der Waals surface area contributed by atoms with Gasteiger partial charge in [0, 0.05) is 5.56 Å². The van der Waals surface area contributed by atoms with E-state index in [4.69, 9.17) is 15.2 Å². The van der Waals surface area contributed by atoms with Gasteiger partial charge in [0.15, 0.2) is 5.17 Å². The second kappa shape index (κ2) is 7.76. The van der Waals surface area contributed by atoms with Crippen molar-refractivity contribution < 1.29 is 14.3 Å². The Kier molecular flexibility index (Phi) is 5.42. The molecule has 2 aliphatic heterocycles. The molecule has 1 aromatic rings. The summed E-state index contributed by atoms with van der Waals surface area (Å²) < 4.78 is 11.1. The number of thioether (sulfide) groups is 1. The zero-order valence-corrected chi connectivity index (χ0v) is 16.2. The molecule has 8 heteroatoms. The molecule has 0 fully saturated rings. The summed E-state index contributed by atoms with van der Waals surface area (Å²) in [4.78, 5) is 19.3. The Bertz CT molecular complexity index is 914. The van der Waals surface area contributed by atoms with E-state index in [0.717, 1.165) is 5.56 Å². The van der Waals surface area contributed by atoms with E-state index in [1.165, 1.54) is 11.8 Å². The molecule has 0 unspecified atom stereocenters. The van der Waals surface area contributed by atoms with E-state index in [0.29, 0.717) is 33.7 Å². The molecule has 1 atom stereocenters. The van der Waals surface area contributed by atoms with E-state index in [1.807, 2.05) is 31.2 Å². The molecule has 0 bridgehead atoms. The number of nitrogens with two attached hydrogens (primary N) is 1. The van der Waals surface area contributed by atoms with Gasteiger partial charge in [0.2, 0.25) is 0 Å². The molecule has 0 saturated carbocycles. The Balaban J connectivity index is 2.22. The maximum Gasteiger partial charge on any atom is 0.338 e. The summed E-state index contributed by atoms with van der Waals surface area (Å²) in [6, 6.07) is 8.97. The van der Waals surface area contributed by atoms with Crippen molar-refractivity contribution >= 4 is 22.9 Å². The van der Waals surface area contributed by atoms with Gasteiger partial charge in [-0.25, -0.2) is 9.79 Å². The highest BCUT2D eigenvalue weighted by molar-refractivity contribution is 8.17. The van der Waals surface area contributed by atoms with Crippen LogP contribution in [0.25, 0.3) is 0 Å². The van der Waals surface area contributed by atoms with Crippen LogP contribution in [0.5, 0.6) is 5.75 Å². The van der Waals surface area contributed by atoms with Crippen LogP contribution in [0.2, 0.25) is 0 Å². The summed E-state index contributed by atoms with van der Waals surface area (Å²) in [5.74, 6) is 0.452. The van der Waals surface area contributed by atoms with Crippen molar-refractivity contribution in [3.05, 3.63) is 51.8 Å². The third-order valence-corrected chi connectivity index (χ3v) is 5.16. The highest BCUT2D eigenvalue weighted by atomic mass is 32.2. The van der Waals surface area contributed by atoms with E-state index in [9.17, 15) is 10.1 Å². The zero-order chi connectivity index (χ0) is 19.6. The largest absolute Gasteiger partial charge is 0.494 e. The first-order chi connectivity index (χ1) is 13.0. The van der Waals surface area contributed by atoms with Crippen molar-refractivity contribution in [2.45, 2.75) is 26.8 Å². The van der Waals surface area contributed by atoms with Gasteiger partial charge in [0.25, 0.3) is 0 Å². The van der Waals surface area contributed by atoms with Gasteiger partial charge in [-0.3, -0.25) is 4.90 Å².